The Hall–Kier alpha value is -0.0800. The summed E-state index contributed by atoms with van der Waals surface area (Å²) in [4.78, 5) is 2.56. The maximum atomic E-state index is 10.2. The molecule has 3 fully saturated rings. The summed E-state index contributed by atoms with van der Waals surface area (Å²) >= 11 is 0. The highest BCUT2D eigenvalue weighted by Gasteiger charge is 2.63. The Morgan fingerprint density at radius 3 is 2.00 bits per heavy atom. The van der Waals surface area contributed by atoms with Gasteiger partial charge in [0.15, 0.2) is 0 Å². The normalized spacial score (nSPS) is 36.8. The maximum absolute atomic E-state index is 10.2. The average molecular weight is 167 g/mol. The molecule has 2 nitrogen and oxygen atoms in total. The van der Waals surface area contributed by atoms with Gasteiger partial charge in [0, 0.05) is 5.54 Å². The van der Waals surface area contributed by atoms with Gasteiger partial charge in [-0.15, -0.1) is 0 Å². The third-order valence-electron chi connectivity index (χ3n) is 4.23. The fourth-order valence-corrected chi connectivity index (χ4v) is 3.45. The lowest BCUT2D eigenvalue weighted by molar-refractivity contribution is -0.00486. The summed E-state index contributed by atoms with van der Waals surface area (Å²) in [6.07, 6.45) is 7.24. The van der Waals surface area contributed by atoms with Crippen LogP contribution in [0.25, 0.3) is 0 Å². The first-order valence-electron chi connectivity index (χ1n) is 5.24. The van der Waals surface area contributed by atoms with E-state index < -0.39 is 0 Å². The van der Waals surface area contributed by atoms with Crippen LogP contribution in [0.15, 0.2) is 0 Å². The lowest BCUT2D eigenvalue weighted by Gasteiger charge is -2.37. The van der Waals surface area contributed by atoms with Gasteiger partial charge in [0.05, 0.1) is 5.60 Å². The van der Waals surface area contributed by atoms with E-state index in [-0.39, 0.29) is 11.1 Å². The van der Waals surface area contributed by atoms with Gasteiger partial charge >= 0.3 is 0 Å². The zero-order valence-electron chi connectivity index (χ0n) is 7.55. The van der Waals surface area contributed by atoms with E-state index in [2.05, 4.69) is 4.90 Å². The zero-order chi connectivity index (χ0) is 8.23. The van der Waals surface area contributed by atoms with Crippen LogP contribution < -0.4 is 0 Å². The van der Waals surface area contributed by atoms with Crippen molar-refractivity contribution in [3.8, 4) is 0 Å². The van der Waals surface area contributed by atoms with Crippen molar-refractivity contribution in [2.75, 3.05) is 13.1 Å². The predicted molar refractivity (Wildman–Crippen MR) is 47.0 cm³/mol. The molecule has 0 bridgehead atoms. The Morgan fingerprint density at radius 1 is 0.917 bits per heavy atom. The van der Waals surface area contributed by atoms with E-state index in [1.54, 1.807) is 0 Å². The second-order valence-corrected chi connectivity index (χ2v) is 4.76. The van der Waals surface area contributed by atoms with Crippen LogP contribution in [0, 0.1) is 0 Å². The van der Waals surface area contributed by atoms with E-state index in [4.69, 9.17) is 0 Å². The summed E-state index contributed by atoms with van der Waals surface area (Å²) in [6, 6.07) is 0. The van der Waals surface area contributed by atoms with Crippen LogP contribution in [0.2, 0.25) is 0 Å². The molecular formula is C10H17NO. The molecule has 2 heterocycles. The second kappa shape index (κ2) is 2.05. The summed E-state index contributed by atoms with van der Waals surface area (Å²) in [5.74, 6) is 0. The van der Waals surface area contributed by atoms with E-state index in [9.17, 15) is 5.11 Å². The van der Waals surface area contributed by atoms with Crippen molar-refractivity contribution in [3.05, 3.63) is 0 Å². The number of aliphatic hydroxyl groups is 1. The van der Waals surface area contributed by atoms with Gasteiger partial charge < -0.3 is 5.11 Å². The molecule has 3 rings (SSSR count). The minimum atomic E-state index is -0.264. The van der Waals surface area contributed by atoms with Crippen molar-refractivity contribution >= 4 is 0 Å². The Labute approximate surface area is 73.6 Å². The lowest BCUT2D eigenvalue weighted by atomic mass is 9.85. The summed E-state index contributed by atoms with van der Waals surface area (Å²) in [5, 5.41) is 10.2. The molecule has 2 heteroatoms. The van der Waals surface area contributed by atoms with Gasteiger partial charge in [-0.2, -0.15) is 0 Å². The fraction of sp³-hybridized carbons (Fsp3) is 1.00. The van der Waals surface area contributed by atoms with Crippen molar-refractivity contribution in [2.24, 2.45) is 0 Å². The first-order valence-corrected chi connectivity index (χ1v) is 5.24. The molecule has 2 saturated heterocycles. The number of fused-ring (bicyclic) bond motifs is 1. The van der Waals surface area contributed by atoms with E-state index in [1.165, 1.54) is 38.8 Å². The Kier molecular flexibility index (Phi) is 1.25. The standard InChI is InChI=1S/C10H17NO/c12-10(5-6-10)9-3-1-7-11(9)8-2-4-9/h12H,1-8H2. The van der Waals surface area contributed by atoms with Crippen molar-refractivity contribution in [3.63, 3.8) is 0 Å². The highest BCUT2D eigenvalue weighted by atomic mass is 16.3. The van der Waals surface area contributed by atoms with Crippen LogP contribution >= 0.6 is 0 Å². The highest BCUT2D eigenvalue weighted by molar-refractivity contribution is 5.19. The van der Waals surface area contributed by atoms with Crippen LogP contribution in [-0.4, -0.2) is 34.2 Å². The molecule has 2 aliphatic heterocycles. The molecule has 0 unspecified atom stereocenters. The molecule has 0 aromatic heterocycles. The van der Waals surface area contributed by atoms with Crippen LogP contribution in [0.4, 0.5) is 0 Å². The molecule has 3 aliphatic rings. The lowest BCUT2D eigenvalue weighted by Crippen LogP contribution is -2.50. The smallest absolute Gasteiger partial charge is 0.0832 e. The molecule has 0 aromatic rings. The van der Waals surface area contributed by atoms with Crippen LogP contribution in [0.3, 0.4) is 0 Å². The fourth-order valence-electron chi connectivity index (χ4n) is 3.45. The van der Waals surface area contributed by atoms with Crippen molar-refractivity contribution in [1.82, 2.24) is 4.90 Å². The van der Waals surface area contributed by atoms with E-state index >= 15 is 0 Å². The first-order chi connectivity index (χ1) is 5.77. The monoisotopic (exact) mass is 167 g/mol. The maximum Gasteiger partial charge on any atom is 0.0832 e. The van der Waals surface area contributed by atoms with Gasteiger partial charge in [-0.3, -0.25) is 4.90 Å². The number of hydrogen-bond donors (Lipinski definition) is 1. The average Bonchev–Trinajstić information content (AvgIpc) is 2.54. The summed E-state index contributed by atoms with van der Waals surface area (Å²) in [7, 11) is 0. The largest absolute Gasteiger partial charge is 0.388 e. The SMILES string of the molecule is OC1(C23CCCN2CCC3)CC1. The third kappa shape index (κ3) is 0.686. The first kappa shape index (κ1) is 7.34. The zero-order valence-corrected chi connectivity index (χ0v) is 7.55. The van der Waals surface area contributed by atoms with Crippen LogP contribution in [0.1, 0.15) is 38.5 Å². The number of nitrogens with zero attached hydrogens (tertiary/aromatic N) is 1. The number of rotatable bonds is 1. The molecule has 1 saturated carbocycles. The van der Waals surface area contributed by atoms with Gasteiger partial charge in [0.25, 0.3) is 0 Å². The summed E-state index contributed by atoms with van der Waals surface area (Å²) < 4.78 is 0. The van der Waals surface area contributed by atoms with E-state index in [0.717, 1.165) is 12.8 Å². The van der Waals surface area contributed by atoms with Gasteiger partial charge in [0.2, 0.25) is 0 Å². The molecule has 0 spiro atoms. The summed E-state index contributed by atoms with van der Waals surface area (Å²) in [5.41, 5.74) is -0.0208. The minimum Gasteiger partial charge on any atom is -0.388 e. The Bertz CT molecular complexity index is 200. The molecular weight excluding hydrogens is 150 g/mol. The second-order valence-electron chi connectivity index (χ2n) is 4.76. The topological polar surface area (TPSA) is 23.5 Å². The predicted octanol–water partition coefficient (Wildman–Crippen LogP) is 1.14. The molecule has 1 N–H and O–H groups in total. The molecule has 1 aliphatic carbocycles. The van der Waals surface area contributed by atoms with Gasteiger partial charge in [-0.05, 0) is 51.6 Å². The molecule has 68 valence electrons. The Balaban J connectivity index is 1.96. The van der Waals surface area contributed by atoms with Gasteiger partial charge in [-0.1, -0.05) is 0 Å². The molecule has 0 atom stereocenters. The van der Waals surface area contributed by atoms with Crippen molar-refractivity contribution in [1.29, 1.82) is 0 Å². The van der Waals surface area contributed by atoms with Crippen LogP contribution in [0.5, 0.6) is 0 Å². The molecule has 0 radical (unpaired) electrons. The minimum absolute atomic E-state index is 0.243. The summed E-state index contributed by atoms with van der Waals surface area (Å²) in [6.45, 7) is 2.48. The van der Waals surface area contributed by atoms with Crippen molar-refractivity contribution in [2.45, 2.75) is 49.7 Å². The van der Waals surface area contributed by atoms with Gasteiger partial charge in [-0.25, -0.2) is 0 Å². The highest BCUT2D eigenvalue weighted by Crippen LogP contribution is 2.56. The Morgan fingerprint density at radius 2 is 1.50 bits per heavy atom. The van der Waals surface area contributed by atoms with Gasteiger partial charge in [0.1, 0.15) is 0 Å². The third-order valence-corrected chi connectivity index (χ3v) is 4.23. The molecule has 0 amide bonds. The quantitative estimate of drug-likeness (QED) is 0.633. The molecule has 0 aromatic carbocycles. The van der Waals surface area contributed by atoms with E-state index in [1.807, 2.05) is 0 Å². The number of hydrogen-bond acceptors (Lipinski definition) is 2. The molecule has 12 heavy (non-hydrogen) atoms. The van der Waals surface area contributed by atoms with Crippen LogP contribution in [-0.2, 0) is 0 Å². The van der Waals surface area contributed by atoms with E-state index in [0.29, 0.717) is 0 Å². The van der Waals surface area contributed by atoms with Crippen molar-refractivity contribution < 1.29 is 5.11 Å².